The first-order valence-corrected chi connectivity index (χ1v) is 9.45. The zero-order valence-electron chi connectivity index (χ0n) is 17.2. The highest BCUT2D eigenvalue weighted by molar-refractivity contribution is 5.99. The molecule has 0 radical (unpaired) electrons. The number of carbonyl (C=O) groups excluding carboxylic acids is 1. The second-order valence-electron chi connectivity index (χ2n) is 6.47. The van der Waals surface area contributed by atoms with Gasteiger partial charge in [-0.05, 0) is 29.8 Å². The van der Waals surface area contributed by atoms with Crippen molar-refractivity contribution in [1.29, 1.82) is 5.26 Å². The van der Waals surface area contributed by atoms with Gasteiger partial charge in [0.2, 0.25) is 5.88 Å². The average Bonchev–Trinajstić information content (AvgIpc) is 2.83. The van der Waals surface area contributed by atoms with Crippen LogP contribution in [-0.4, -0.2) is 25.1 Å². The van der Waals surface area contributed by atoms with E-state index in [1.807, 2.05) is 18.2 Å². The first-order valence-electron chi connectivity index (χ1n) is 9.45. The molecule has 8 heteroatoms. The molecular weight excluding hydrogens is 396 g/mol. The summed E-state index contributed by atoms with van der Waals surface area (Å²) in [7, 11) is 3.08. The Labute approximate surface area is 180 Å². The molecule has 0 spiro atoms. The van der Waals surface area contributed by atoms with Gasteiger partial charge in [-0.15, -0.1) is 0 Å². The number of nitriles is 1. The summed E-state index contributed by atoms with van der Waals surface area (Å²) in [5.74, 6) is 0.673. The zero-order chi connectivity index (χ0) is 22.1. The molecule has 8 nitrogen and oxygen atoms in total. The lowest BCUT2D eigenvalue weighted by Gasteiger charge is -2.13. The van der Waals surface area contributed by atoms with Crippen LogP contribution in [0.1, 0.15) is 27.0 Å². The lowest BCUT2D eigenvalue weighted by molar-refractivity contribution is 0.0228. The monoisotopic (exact) mass is 418 g/mol. The molecular formula is C23H22N4O4. The number of pyridine rings is 1. The quantitative estimate of drug-likeness (QED) is 0.513. The number of benzene rings is 2. The Morgan fingerprint density at radius 2 is 1.94 bits per heavy atom. The van der Waals surface area contributed by atoms with Crippen LogP contribution in [0.3, 0.4) is 0 Å². The second-order valence-corrected chi connectivity index (χ2v) is 6.47. The van der Waals surface area contributed by atoms with E-state index in [2.05, 4.69) is 21.9 Å². The van der Waals surface area contributed by atoms with Crippen LogP contribution in [0, 0.1) is 11.3 Å². The molecule has 3 aromatic rings. The normalized spacial score (nSPS) is 10.1. The molecule has 0 aliphatic heterocycles. The van der Waals surface area contributed by atoms with Gasteiger partial charge in [-0.3, -0.25) is 9.63 Å². The average molecular weight is 418 g/mol. The highest BCUT2D eigenvalue weighted by atomic mass is 16.7. The molecule has 2 aromatic carbocycles. The van der Waals surface area contributed by atoms with Crippen molar-refractivity contribution < 1.29 is 19.1 Å². The molecule has 2 N–H and O–H groups in total. The van der Waals surface area contributed by atoms with Gasteiger partial charge in [0.1, 0.15) is 12.4 Å². The molecule has 0 unspecified atom stereocenters. The minimum atomic E-state index is -0.386. The van der Waals surface area contributed by atoms with Crippen LogP contribution in [0.4, 0.5) is 5.69 Å². The van der Waals surface area contributed by atoms with Gasteiger partial charge in [-0.1, -0.05) is 24.3 Å². The van der Waals surface area contributed by atoms with E-state index in [-0.39, 0.29) is 12.5 Å². The van der Waals surface area contributed by atoms with Gasteiger partial charge in [-0.25, -0.2) is 10.5 Å². The van der Waals surface area contributed by atoms with Crippen LogP contribution in [0.25, 0.3) is 0 Å². The summed E-state index contributed by atoms with van der Waals surface area (Å²) in [6.07, 6.45) is 1.71. The third kappa shape index (κ3) is 5.72. The Morgan fingerprint density at radius 1 is 1.10 bits per heavy atom. The molecule has 0 fully saturated rings. The lowest BCUT2D eigenvalue weighted by atomic mass is 10.1. The molecule has 1 aromatic heterocycles. The van der Waals surface area contributed by atoms with Crippen molar-refractivity contribution in [3.05, 3.63) is 83.0 Å². The van der Waals surface area contributed by atoms with Gasteiger partial charge >= 0.3 is 0 Å². The molecule has 0 atom stereocenters. The second kappa shape index (κ2) is 10.6. The van der Waals surface area contributed by atoms with Crippen molar-refractivity contribution in [3.8, 4) is 17.7 Å². The summed E-state index contributed by atoms with van der Waals surface area (Å²) in [5, 5.41) is 12.2. The van der Waals surface area contributed by atoms with Crippen LogP contribution in [0.2, 0.25) is 0 Å². The molecule has 3 rings (SSSR count). The van der Waals surface area contributed by atoms with Crippen molar-refractivity contribution in [2.75, 3.05) is 19.5 Å². The predicted octanol–water partition coefficient (Wildman–Crippen LogP) is 3.44. The van der Waals surface area contributed by atoms with E-state index in [0.717, 1.165) is 5.56 Å². The number of carbonyl (C=O) groups is 1. The number of nitrogens with zero attached hydrogens (tertiary/aromatic N) is 2. The van der Waals surface area contributed by atoms with Gasteiger partial charge in [-0.2, -0.15) is 5.26 Å². The Kier molecular flexibility index (Phi) is 7.40. The van der Waals surface area contributed by atoms with Gasteiger partial charge in [0.05, 0.1) is 31.4 Å². The third-order valence-corrected chi connectivity index (χ3v) is 4.47. The maximum Gasteiger partial charge on any atom is 0.276 e. The van der Waals surface area contributed by atoms with Crippen LogP contribution in [0.5, 0.6) is 11.6 Å². The summed E-state index contributed by atoms with van der Waals surface area (Å²) >= 11 is 0. The summed E-state index contributed by atoms with van der Waals surface area (Å²) < 4.78 is 10.3. The highest BCUT2D eigenvalue weighted by Crippen LogP contribution is 2.21. The molecule has 0 aliphatic rings. The third-order valence-electron chi connectivity index (χ3n) is 4.47. The van der Waals surface area contributed by atoms with Gasteiger partial charge < -0.3 is 14.8 Å². The minimum Gasteiger partial charge on any atom is -0.496 e. The fraction of sp³-hybridized carbons (Fsp3) is 0.174. The SMILES string of the molecule is COc1ccc(CNc2ccccc2C(=O)NOCc2ccc(C#N)cc2OC)cn1. The van der Waals surface area contributed by atoms with E-state index < -0.39 is 0 Å². The molecule has 0 bridgehead atoms. The zero-order valence-corrected chi connectivity index (χ0v) is 17.2. The van der Waals surface area contributed by atoms with Gasteiger partial charge in [0.25, 0.3) is 5.91 Å². The molecule has 1 amide bonds. The number of hydroxylamine groups is 1. The largest absolute Gasteiger partial charge is 0.496 e. The molecule has 158 valence electrons. The summed E-state index contributed by atoms with van der Waals surface area (Å²) in [5.41, 5.74) is 5.69. The van der Waals surface area contributed by atoms with E-state index in [1.54, 1.807) is 49.7 Å². The predicted molar refractivity (Wildman–Crippen MR) is 115 cm³/mol. The Morgan fingerprint density at radius 3 is 2.65 bits per heavy atom. The summed E-state index contributed by atoms with van der Waals surface area (Å²) in [4.78, 5) is 22.2. The van der Waals surface area contributed by atoms with Crippen molar-refractivity contribution in [1.82, 2.24) is 10.5 Å². The first kappa shape index (κ1) is 21.6. The van der Waals surface area contributed by atoms with Crippen molar-refractivity contribution >= 4 is 11.6 Å². The number of anilines is 1. The van der Waals surface area contributed by atoms with E-state index >= 15 is 0 Å². The van der Waals surface area contributed by atoms with Crippen molar-refractivity contribution in [3.63, 3.8) is 0 Å². The number of para-hydroxylation sites is 1. The van der Waals surface area contributed by atoms with Crippen LogP contribution >= 0.6 is 0 Å². The fourth-order valence-electron chi connectivity index (χ4n) is 2.84. The summed E-state index contributed by atoms with van der Waals surface area (Å²) in [6.45, 7) is 0.582. The minimum absolute atomic E-state index is 0.0910. The lowest BCUT2D eigenvalue weighted by Crippen LogP contribution is -2.24. The van der Waals surface area contributed by atoms with Crippen molar-refractivity contribution in [2.24, 2.45) is 0 Å². The molecule has 1 heterocycles. The summed E-state index contributed by atoms with van der Waals surface area (Å²) in [6, 6.07) is 17.9. The molecule has 0 saturated heterocycles. The smallest absolute Gasteiger partial charge is 0.276 e. The maximum atomic E-state index is 12.6. The van der Waals surface area contributed by atoms with E-state index in [0.29, 0.717) is 40.6 Å². The fourth-order valence-corrected chi connectivity index (χ4v) is 2.84. The van der Waals surface area contributed by atoms with Crippen LogP contribution in [-0.2, 0) is 18.0 Å². The van der Waals surface area contributed by atoms with Crippen molar-refractivity contribution in [2.45, 2.75) is 13.2 Å². The molecule has 31 heavy (non-hydrogen) atoms. The Hall–Kier alpha value is -4.09. The number of nitrogens with one attached hydrogen (secondary N) is 2. The number of amides is 1. The number of hydrogen-bond acceptors (Lipinski definition) is 7. The number of hydrogen-bond donors (Lipinski definition) is 2. The van der Waals surface area contributed by atoms with Crippen LogP contribution < -0.4 is 20.3 Å². The Bertz CT molecular complexity index is 1080. The van der Waals surface area contributed by atoms with E-state index in [1.165, 1.54) is 7.11 Å². The standard InChI is InChI=1S/C23H22N4O4/c1-29-21-11-16(12-24)7-9-18(21)15-31-27-23(28)19-5-3-4-6-20(19)25-13-17-8-10-22(30-2)26-14-17/h3-11,14,25H,13,15H2,1-2H3,(H,27,28). The molecule has 0 saturated carbocycles. The first-order chi connectivity index (χ1) is 15.1. The number of ether oxygens (including phenoxy) is 2. The number of methoxy groups -OCH3 is 2. The van der Waals surface area contributed by atoms with Crippen LogP contribution in [0.15, 0.2) is 60.8 Å². The van der Waals surface area contributed by atoms with Gasteiger partial charge in [0, 0.05) is 30.1 Å². The number of rotatable bonds is 9. The number of aromatic nitrogens is 1. The Balaban J connectivity index is 1.60. The van der Waals surface area contributed by atoms with E-state index in [4.69, 9.17) is 19.6 Å². The topological polar surface area (TPSA) is 106 Å². The maximum absolute atomic E-state index is 12.6. The van der Waals surface area contributed by atoms with Gasteiger partial charge in [0.15, 0.2) is 0 Å². The van der Waals surface area contributed by atoms with E-state index in [9.17, 15) is 4.79 Å². The highest BCUT2D eigenvalue weighted by Gasteiger charge is 2.12. The molecule has 0 aliphatic carbocycles.